The molecule has 0 unspecified atom stereocenters. The van der Waals surface area contributed by atoms with Crippen LogP contribution in [0, 0.1) is 6.92 Å². The number of piperazine rings is 1. The van der Waals surface area contributed by atoms with Gasteiger partial charge < -0.3 is 19.9 Å². The van der Waals surface area contributed by atoms with Gasteiger partial charge in [-0.25, -0.2) is 9.97 Å². The number of aryl methyl sites for hydroxylation is 1. The van der Waals surface area contributed by atoms with Crippen LogP contribution in [-0.2, 0) is 4.74 Å². The second kappa shape index (κ2) is 8.75. The summed E-state index contributed by atoms with van der Waals surface area (Å²) in [5.41, 5.74) is 0.974. The summed E-state index contributed by atoms with van der Waals surface area (Å²) in [6.07, 6.45) is 2.42. The molecule has 1 saturated heterocycles. The summed E-state index contributed by atoms with van der Waals surface area (Å²) < 4.78 is 5.31. The number of amides is 1. The summed E-state index contributed by atoms with van der Waals surface area (Å²) >= 11 is 1.45. The average Bonchev–Trinajstić information content (AvgIpc) is 2.99. The molecule has 0 aromatic carbocycles. The Morgan fingerprint density at radius 2 is 2.08 bits per heavy atom. The van der Waals surface area contributed by atoms with E-state index in [9.17, 15) is 4.79 Å². The predicted octanol–water partition coefficient (Wildman–Crippen LogP) is 1.91. The van der Waals surface area contributed by atoms with E-state index in [0.717, 1.165) is 59.1 Å². The third kappa shape index (κ3) is 4.13. The zero-order valence-corrected chi connectivity index (χ0v) is 16.6. The lowest BCUT2D eigenvalue weighted by atomic mass is 10.1. The number of hydrogen-bond donors (Lipinski definition) is 1. The molecular formula is C18H27N5O2S. The van der Waals surface area contributed by atoms with E-state index in [0.29, 0.717) is 19.8 Å². The third-order valence-electron chi connectivity index (χ3n) is 4.67. The van der Waals surface area contributed by atoms with Gasteiger partial charge in [0.25, 0.3) is 5.91 Å². The van der Waals surface area contributed by atoms with Crippen molar-refractivity contribution < 1.29 is 9.53 Å². The number of rotatable bonds is 7. The van der Waals surface area contributed by atoms with Crippen molar-refractivity contribution >= 4 is 33.3 Å². The minimum atomic E-state index is -0.0358. The highest BCUT2D eigenvalue weighted by Crippen LogP contribution is 2.35. The van der Waals surface area contributed by atoms with Gasteiger partial charge in [-0.3, -0.25) is 4.79 Å². The number of anilines is 1. The zero-order chi connectivity index (χ0) is 18.5. The van der Waals surface area contributed by atoms with E-state index in [1.807, 2.05) is 13.8 Å². The van der Waals surface area contributed by atoms with Gasteiger partial charge in [-0.05, 0) is 32.9 Å². The lowest BCUT2D eigenvalue weighted by molar-refractivity contribution is 0.0948. The Kier molecular flexibility index (Phi) is 6.39. The van der Waals surface area contributed by atoms with Crippen LogP contribution in [-0.4, -0.2) is 73.8 Å². The second-order valence-electron chi connectivity index (χ2n) is 6.53. The second-order valence-corrected chi connectivity index (χ2v) is 7.53. The lowest BCUT2D eigenvalue weighted by Gasteiger charge is -2.33. The van der Waals surface area contributed by atoms with Gasteiger partial charge in [0.15, 0.2) is 0 Å². The fourth-order valence-corrected chi connectivity index (χ4v) is 4.19. The Morgan fingerprint density at radius 1 is 1.31 bits per heavy atom. The Labute approximate surface area is 158 Å². The van der Waals surface area contributed by atoms with E-state index < -0.39 is 0 Å². The summed E-state index contributed by atoms with van der Waals surface area (Å²) in [4.78, 5) is 27.8. The molecule has 3 heterocycles. The Bertz CT molecular complexity index is 755. The number of nitrogens with one attached hydrogen (secondary N) is 1. The zero-order valence-electron chi connectivity index (χ0n) is 15.7. The molecule has 1 N–H and O–H groups in total. The Hall–Kier alpha value is -1.77. The average molecular weight is 378 g/mol. The SMILES string of the molecule is CCOCCCNC(=O)c1sc2ncnc(N3CCN(C)CC3)c2c1C. The van der Waals surface area contributed by atoms with E-state index in [-0.39, 0.29) is 5.91 Å². The summed E-state index contributed by atoms with van der Waals surface area (Å²) in [7, 11) is 2.14. The molecule has 2 aromatic rings. The van der Waals surface area contributed by atoms with Crippen molar-refractivity contribution in [3.63, 3.8) is 0 Å². The molecule has 3 rings (SSSR count). The van der Waals surface area contributed by atoms with Gasteiger partial charge >= 0.3 is 0 Å². The first-order valence-electron chi connectivity index (χ1n) is 9.15. The first-order valence-corrected chi connectivity index (χ1v) is 9.97. The van der Waals surface area contributed by atoms with Crippen LogP contribution in [0.25, 0.3) is 10.2 Å². The van der Waals surface area contributed by atoms with Crippen molar-refractivity contribution in [2.45, 2.75) is 20.3 Å². The Morgan fingerprint density at radius 3 is 2.81 bits per heavy atom. The number of carbonyl (C=O) groups is 1. The minimum absolute atomic E-state index is 0.0358. The molecule has 0 spiro atoms. The van der Waals surface area contributed by atoms with E-state index in [1.54, 1.807) is 6.33 Å². The van der Waals surface area contributed by atoms with Crippen LogP contribution >= 0.6 is 11.3 Å². The first kappa shape index (κ1) is 19.0. The van der Waals surface area contributed by atoms with Crippen molar-refractivity contribution in [1.82, 2.24) is 20.2 Å². The molecule has 0 radical (unpaired) electrons. The van der Waals surface area contributed by atoms with Gasteiger partial charge in [-0.1, -0.05) is 0 Å². The smallest absolute Gasteiger partial charge is 0.261 e. The quantitative estimate of drug-likeness (QED) is 0.744. The largest absolute Gasteiger partial charge is 0.382 e. The van der Waals surface area contributed by atoms with Crippen LogP contribution in [0.3, 0.4) is 0 Å². The molecule has 0 atom stereocenters. The van der Waals surface area contributed by atoms with Crippen molar-refractivity contribution in [2.75, 3.05) is 57.9 Å². The molecule has 0 saturated carbocycles. The highest BCUT2D eigenvalue weighted by Gasteiger charge is 2.23. The molecule has 7 nitrogen and oxygen atoms in total. The number of likely N-dealkylation sites (N-methyl/N-ethyl adjacent to an activating group) is 1. The minimum Gasteiger partial charge on any atom is -0.382 e. The molecular weight excluding hydrogens is 350 g/mol. The number of aromatic nitrogens is 2. The van der Waals surface area contributed by atoms with Gasteiger partial charge in [0.05, 0.1) is 10.3 Å². The summed E-state index contributed by atoms with van der Waals surface area (Å²) in [5.74, 6) is 0.915. The van der Waals surface area contributed by atoms with Crippen molar-refractivity contribution in [3.8, 4) is 0 Å². The van der Waals surface area contributed by atoms with Gasteiger partial charge in [0.2, 0.25) is 0 Å². The summed E-state index contributed by atoms with van der Waals surface area (Å²) in [6, 6.07) is 0. The predicted molar refractivity (Wildman–Crippen MR) is 105 cm³/mol. The monoisotopic (exact) mass is 377 g/mol. The fourth-order valence-electron chi connectivity index (χ4n) is 3.13. The maximum absolute atomic E-state index is 12.6. The van der Waals surface area contributed by atoms with Crippen LogP contribution < -0.4 is 10.2 Å². The van der Waals surface area contributed by atoms with Crippen LogP contribution in [0.2, 0.25) is 0 Å². The van der Waals surface area contributed by atoms with Gasteiger partial charge in [0.1, 0.15) is 17.0 Å². The number of carbonyl (C=O) groups excluding carboxylic acids is 1. The number of hydrogen-bond acceptors (Lipinski definition) is 7. The van der Waals surface area contributed by atoms with E-state index in [4.69, 9.17) is 4.74 Å². The van der Waals surface area contributed by atoms with Crippen LogP contribution in [0.1, 0.15) is 28.6 Å². The summed E-state index contributed by atoms with van der Waals surface area (Å²) in [5, 5.41) is 4.00. The van der Waals surface area contributed by atoms with Crippen molar-refractivity contribution in [2.24, 2.45) is 0 Å². The highest BCUT2D eigenvalue weighted by molar-refractivity contribution is 7.20. The third-order valence-corrected chi connectivity index (χ3v) is 5.87. The van der Waals surface area contributed by atoms with Crippen LogP contribution in [0.4, 0.5) is 5.82 Å². The van der Waals surface area contributed by atoms with Gasteiger partial charge in [0, 0.05) is 45.9 Å². The molecule has 1 aliphatic rings. The molecule has 26 heavy (non-hydrogen) atoms. The molecule has 2 aromatic heterocycles. The van der Waals surface area contributed by atoms with E-state index in [2.05, 4.69) is 32.1 Å². The maximum atomic E-state index is 12.6. The molecule has 0 aliphatic carbocycles. The fraction of sp³-hybridized carbons (Fsp3) is 0.611. The van der Waals surface area contributed by atoms with Gasteiger partial charge in [-0.15, -0.1) is 11.3 Å². The van der Waals surface area contributed by atoms with E-state index >= 15 is 0 Å². The standard InChI is InChI=1S/C18H27N5O2S/c1-4-25-11-5-6-19-17(24)15-13(2)14-16(20-12-21-18(14)26-15)23-9-7-22(3)8-10-23/h12H,4-11H2,1-3H3,(H,19,24). The van der Waals surface area contributed by atoms with Crippen molar-refractivity contribution in [3.05, 3.63) is 16.8 Å². The maximum Gasteiger partial charge on any atom is 0.261 e. The molecule has 0 bridgehead atoms. The molecule has 1 fully saturated rings. The van der Waals surface area contributed by atoms with E-state index in [1.165, 1.54) is 11.3 Å². The molecule has 1 aliphatic heterocycles. The number of nitrogens with zero attached hydrogens (tertiary/aromatic N) is 4. The normalized spacial score (nSPS) is 15.6. The topological polar surface area (TPSA) is 70.6 Å². The molecule has 1 amide bonds. The van der Waals surface area contributed by atoms with Crippen LogP contribution in [0.15, 0.2) is 6.33 Å². The van der Waals surface area contributed by atoms with Crippen LogP contribution in [0.5, 0.6) is 0 Å². The number of ether oxygens (including phenoxy) is 1. The summed E-state index contributed by atoms with van der Waals surface area (Å²) in [6.45, 7) is 9.87. The first-order chi connectivity index (χ1) is 12.6. The highest BCUT2D eigenvalue weighted by atomic mass is 32.1. The lowest BCUT2D eigenvalue weighted by Crippen LogP contribution is -2.44. The molecule has 142 valence electrons. The molecule has 8 heteroatoms. The number of thiophene rings is 1. The van der Waals surface area contributed by atoms with Crippen molar-refractivity contribution in [1.29, 1.82) is 0 Å². The van der Waals surface area contributed by atoms with Gasteiger partial charge in [-0.2, -0.15) is 0 Å². The number of fused-ring (bicyclic) bond motifs is 1. The Balaban J connectivity index is 1.77.